The molecule has 2 aromatic heterocycles. The standard InChI is InChI=1S/C18H19N5O2/c1-25-17-5-3-2-4-14(17)15-8-16(21-20-15)18(24)23-10-13(11-23)9-22-7-6-19-12-22/h2-8,12-13H,9-11H2,1H3,(H,20,21). The summed E-state index contributed by atoms with van der Waals surface area (Å²) in [5, 5.41) is 7.12. The number of rotatable bonds is 5. The molecule has 0 bridgehead atoms. The maximum absolute atomic E-state index is 12.6. The molecule has 0 atom stereocenters. The highest BCUT2D eigenvalue weighted by molar-refractivity contribution is 5.94. The fraction of sp³-hybridized carbons (Fsp3) is 0.278. The molecule has 7 heteroatoms. The van der Waals surface area contributed by atoms with Crippen molar-refractivity contribution >= 4 is 5.91 Å². The normalized spacial score (nSPS) is 14.4. The molecular formula is C18H19N5O2. The SMILES string of the molecule is COc1ccccc1-c1cc(C(=O)N2CC(Cn3ccnc3)C2)[nH]n1. The van der Waals surface area contributed by atoms with E-state index in [1.165, 1.54) is 0 Å². The number of aromatic nitrogens is 4. The Bertz CT molecular complexity index is 865. The number of nitrogens with zero attached hydrogens (tertiary/aromatic N) is 4. The molecule has 0 spiro atoms. The van der Waals surface area contributed by atoms with E-state index in [-0.39, 0.29) is 5.91 Å². The Hall–Kier alpha value is -3.09. The molecule has 0 radical (unpaired) electrons. The zero-order chi connectivity index (χ0) is 17.2. The topological polar surface area (TPSA) is 76.0 Å². The van der Waals surface area contributed by atoms with Crippen molar-refractivity contribution in [1.29, 1.82) is 0 Å². The number of hydrogen-bond donors (Lipinski definition) is 1. The maximum Gasteiger partial charge on any atom is 0.271 e. The second-order valence-electron chi connectivity index (χ2n) is 6.20. The van der Waals surface area contributed by atoms with Crippen LogP contribution in [0.15, 0.2) is 49.1 Å². The van der Waals surface area contributed by atoms with Crippen LogP contribution in [-0.4, -0.2) is 50.8 Å². The van der Waals surface area contributed by atoms with Crippen molar-refractivity contribution in [1.82, 2.24) is 24.6 Å². The average molecular weight is 337 g/mol. The third-order valence-electron chi connectivity index (χ3n) is 4.46. The number of carbonyl (C=O) groups excluding carboxylic acids is 1. The number of likely N-dealkylation sites (tertiary alicyclic amines) is 1. The number of imidazole rings is 1. The number of amides is 1. The number of H-pyrrole nitrogens is 1. The summed E-state index contributed by atoms with van der Waals surface area (Å²) in [6.45, 7) is 2.39. The van der Waals surface area contributed by atoms with E-state index in [4.69, 9.17) is 4.74 Å². The Labute approximate surface area is 145 Å². The second-order valence-corrected chi connectivity index (χ2v) is 6.20. The minimum atomic E-state index is -0.0180. The minimum Gasteiger partial charge on any atom is -0.496 e. The first-order valence-electron chi connectivity index (χ1n) is 8.18. The summed E-state index contributed by atoms with van der Waals surface area (Å²) >= 11 is 0. The summed E-state index contributed by atoms with van der Waals surface area (Å²) in [6, 6.07) is 9.41. The van der Waals surface area contributed by atoms with Gasteiger partial charge in [-0.25, -0.2) is 4.98 Å². The first-order valence-corrected chi connectivity index (χ1v) is 8.18. The van der Waals surface area contributed by atoms with E-state index in [1.54, 1.807) is 25.7 Å². The summed E-state index contributed by atoms with van der Waals surface area (Å²) in [6.07, 6.45) is 5.52. The zero-order valence-corrected chi connectivity index (χ0v) is 13.9. The quantitative estimate of drug-likeness (QED) is 0.773. The van der Waals surface area contributed by atoms with Crippen LogP contribution in [0.1, 0.15) is 10.5 Å². The molecule has 0 saturated carbocycles. The predicted octanol–water partition coefficient (Wildman–Crippen LogP) is 2.05. The van der Waals surface area contributed by atoms with Crippen LogP contribution in [0.25, 0.3) is 11.3 Å². The van der Waals surface area contributed by atoms with Crippen LogP contribution in [0.5, 0.6) is 5.75 Å². The number of carbonyl (C=O) groups is 1. The number of nitrogens with one attached hydrogen (secondary N) is 1. The third kappa shape index (κ3) is 3.00. The van der Waals surface area contributed by atoms with Crippen LogP contribution in [0, 0.1) is 5.92 Å². The van der Waals surface area contributed by atoms with Gasteiger partial charge in [0.2, 0.25) is 0 Å². The lowest BCUT2D eigenvalue weighted by Crippen LogP contribution is -2.51. The molecule has 3 heterocycles. The molecule has 1 aliphatic rings. The Morgan fingerprint density at radius 3 is 2.96 bits per heavy atom. The van der Waals surface area contributed by atoms with Crippen molar-refractivity contribution in [2.45, 2.75) is 6.54 Å². The molecule has 7 nitrogen and oxygen atoms in total. The van der Waals surface area contributed by atoms with Crippen molar-refractivity contribution in [2.24, 2.45) is 5.92 Å². The van der Waals surface area contributed by atoms with Crippen LogP contribution >= 0.6 is 0 Å². The highest BCUT2D eigenvalue weighted by atomic mass is 16.5. The Kier molecular flexibility index (Phi) is 3.97. The average Bonchev–Trinajstić information content (AvgIpc) is 3.29. The molecule has 0 aliphatic carbocycles. The summed E-state index contributed by atoms with van der Waals surface area (Å²) in [5.74, 6) is 1.18. The molecular weight excluding hydrogens is 318 g/mol. The fourth-order valence-electron chi connectivity index (χ4n) is 3.14. The second kappa shape index (κ2) is 6.43. The Morgan fingerprint density at radius 1 is 1.36 bits per heavy atom. The largest absolute Gasteiger partial charge is 0.496 e. The van der Waals surface area contributed by atoms with Gasteiger partial charge in [0.15, 0.2) is 0 Å². The summed E-state index contributed by atoms with van der Waals surface area (Å²) in [7, 11) is 1.62. The van der Waals surface area contributed by atoms with Gasteiger partial charge in [-0.1, -0.05) is 12.1 Å². The Balaban J connectivity index is 1.42. The molecule has 1 saturated heterocycles. The first-order chi connectivity index (χ1) is 12.2. The van der Waals surface area contributed by atoms with Crippen LogP contribution < -0.4 is 4.74 Å². The van der Waals surface area contributed by atoms with E-state index in [2.05, 4.69) is 15.2 Å². The lowest BCUT2D eigenvalue weighted by Gasteiger charge is -2.39. The van der Waals surface area contributed by atoms with Gasteiger partial charge in [-0.2, -0.15) is 5.10 Å². The third-order valence-corrected chi connectivity index (χ3v) is 4.46. The van der Waals surface area contributed by atoms with Crippen molar-refractivity contribution in [3.05, 3.63) is 54.7 Å². The lowest BCUT2D eigenvalue weighted by molar-refractivity contribution is 0.0462. The monoisotopic (exact) mass is 337 g/mol. The van der Waals surface area contributed by atoms with E-state index in [0.717, 1.165) is 30.9 Å². The number of benzene rings is 1. The van der Waals surface area contributed by atoms with E-state index < -0.39 is 0 Å². The Morgan fingerprint density at radius 2 is 2.20 bits per heavy atom. The van der Waals surface area contributed by atoms with Crippen molar-refractivity contribution in [2.75, 3.05) is 20.2 Å². The molecule has 1 aromatic carbocycles. The van der Waals surface area contributed by atoms with Gasteiger partial charge in [-0.15, -0.1) is 0 Å². The molecule has 25 heavy (non-hydrogen) atoms. The van der Waals surface area contributed by atoms with Gasteiger partial charge in [0.25, 0.3) is 5.91 Å². The number of ether oxygens (including phenoxy) is 1. The summed E-state index contributed by atoms with van der Waals surface area (Å²) in [4.78, 5) is 18.5. The number of para-hydroxylation sites is 1. The molecule has 0 unspecified atom stereocenters. The molecule has 128 valence electrons. The lowest BCUT2D eigenvalue weighted by atomic mass is 9.99. The fourth-order valence-corrected chi connectivity index (χ4v) is 3.14. The van der Waals surface area contributed by atoms with Crippen LogP contribution in [-0.2, 0) is 6.54 Å². The smallest absolute Gasteiger partial charge is 0.271 e. The van der Waals surface area contributed by atoms with Crippen LogP contribution in [0.4, 0.5) is 0 Å². The highest BCUT2D eigenvalue weighted by Crippen LogP contribution is 2.29. The van der Waals surface area contributed by atoms with Gasteiger partial charge >= 0.3 is 0 Å². The van der Waals surface area contributed by atoms with Crippen molar-refractivity contribution < 1.29 is 9.53 Å². The van der Waals surface area contributed by atoms with Gasteiger partial charge in [0.1, 0.15) is 11.4 Å². The molecule has 4 rings (SSSR count). The number of hydrogen-bond acceptors (Lipinski definition) is 4. The predicted molar refractivity (Wildman–Crippen MR) is 92.2 cm³/mol. The van der Waals surface area contributed by atoms with Gasteiger partial charge < -0.3 is 14.2 Å². The van der Waals surface area contributed by atoms with E-state index >= 15 is 0 Å². The van der Waals surface area contributed by atoms with Crippen molar-refractivity contribution in [3.8, 4) is 17.0 Å². The van der Waals surface area contributed by atoms with E-state index in [9.17, 15) is 4.79 Å². The summed E-state index contributed by atoms with van der Waals surface area (Å²) < 4.78 is 7.40. The molecule has 1 amide bonds. The van der Waals surface area contributed by atoms with Crippen LogP contribution in [0.2, 0.25) is 0 Å². The highest BCUT2D eigenvalue weighted by Gasteiger charge is 2.32. The van der Waals surface area contributed by atoms with Gasteiger partial charge in [-0.05, 0) is 18.2 Å². The van der Waals surface area contributed by atoms with Gasteiger partial charge in [0, 0.05) is 43.5 Å². The van der Waals surface area contributed by atoms with Gasteiger partial charge in [-0.3, -0.25) is 9.89 Å². The molecule has 3 aromatic rings. The molecule has 1 aliphatic heterocycles. The molecule has 1 fully saturated rings. The summed E-state index contributed by atoms with van der Waals surface area (Å²) in [5.41, 5.74) is 2.07. The van der Waals surface area contributed by atoms with E-state index in [0.29, 0.717) is 17.3 Å². The van der Waals surface area contributed by atoms with Crippen molar-refractivity contribution in [3.63, 3.8) is 0 Å². The molecule has 1 N–H and O–H groups in total. The zero-order valence-electron chi connectivity index (χ0n) is 13.9. The maximum atomic E-state index is 12.6. The van der Waals surface area contributed by atoms with E-state index in [1.807, 2.05) is 39.9 Å². The first kappa shape index (κ1) is 15.4. The number of methoxy groups -OCH3 is 1. The number of aromatic amines is 1. The van der Waals surface area contributed by atoms with Crippen LogP contribution in [0.3, 0.4) is 0 Å². The van der Waals surface area contributed by atoms with Gasteiger partial charge in [0.05, 0.1) is 19.1 Å². The minimum absolute atomic E-state index is 0.0180.